The molecule has 22 heavy (non-hydrogen) atoms. The fourth-order valence-electron chi connectivity index (χ4n) is 2.08. The Labute approximate surface area is 125 Å². The Balaban J connectivity index is 2.38. The van der Waals surface area contributed by atoms with Crippen LogP contribution < -0.4 is 0 Å². The predicted octanol–water partition coefficient (Wildman–Crippen LogP) is 2.21. The first-order valence-electron chi connectivity index (χ1n) is 6.67. The van der Waals surface area contributed by atoms with Gasteiger partial charge in [-0.25, -0.2) is 18.3 Å². The number of halogens is 2. The van der Waals surface area contributed by atoms with Crippen LogP contribution in [0.1, 0.15) is 29.0 Å². The van der Waals surface area contributed by atoms with E-state index in [-0.39, 0.29) is 17.1 Å². The van der Waals surface area contributed by atoms with Gasteiger partial charge in [0.2, 0.25) is 0 Å². The topological polar surface area (TPSA) is 77.2 Å². The van der Waals surface area contributed by atoms with Crippen molar-refractivity contribution in [2.75, 3.05) is 13.7 Å². The lowest BCUT2D eigenvalue weighted by Gasteiger charge is -2.08. The predicted molar refractivity (Wildman–Crippen MR) is 73.0 cm³/mol. The van der Waals surface area contributed by atoms with Crippen LogP contribution in [0.15, 0.2) is 18.2 Å². The molecule has 0 fully saturated rings. The number of carboxylic acid groups (broad SMARTS) is 1. The lowest BCUT2D eigenvalue weighted by Crippen LogP contribution is -2.09. The van der Waals surface area contributed by atoms with E-state index >= 15 is 0 Å². The third-order valence-electron chi connectivity index (χ3n) is 3.14. The minimum Gasteiger partial charge on any atom is -0.476 e. The van der Waals surface area contributed by atoms with Gasteiger partial charge in [0.05, 0.1) is 5.69 Å². The van der Waals surface area contributed by atoms with Crippen LogP contribution in [0.2, 0.25) is 0 Å². The van der Waals surface area contributed by atoms with E-state index in [2.05, 4.69) is 10.3 Å². The zero-order valence-electron chi connectivity index (χ0n) is 11.9. The second-order valence-electron chi connectivity index (χ2n) is 4.62. The quantitative estimate of drug-likeness (QED) is 0.793. The lowest BCUT2D eigenvalue weighted by atomic mass is 10.1. The van der Waals surface area contributed by atoms with E-state index in [0.717, 1.165) is 10.7 Å². The standard InChI is InChI=1S/C14H15F2N3O3/c1-22-8-3-2-6-11-13(14(20)21)17-18-19(11)10-7-4-5-9(15)12(10)16/h4-5,7H,2-3,6,8H2,1H3,(H,20,21). The summed E-state index contributed by atoms with van der Waals surface area (Å²) in [5.74, 6) is -3.39. The van der Waals surface area contributed by atoms with Gasteiger partial charge >= 0.3 is 5.97 Å². The minimum absolute atomic E-state index is 0.165. The highest BCUT2D eigenvalue weighted by atomic mass is 19.2. The molecule has 0 bridgehead atoms. The molecule has 6 nitrogen and oxygen atoms in total. The van der Waals surface area contributed by atoms with Crippen molar-refractivity contribution in [2.45, 2.75) is 19.3 Å². The number of rotatable bonds is 7. The number of aromatic nitrogens is 3. The summed E-state index contributed by atoms with van der Waals surface area (Å²) < 4.78 is 33.2. The molecule has 0 aliphatic heterocycles. The van der Waals surface area contributed by atoms with Crippen LogP contribution in [0, 0.1) is 11.6 Å². The van der Waals surface area contributed by atoms with Crippen molar-refractivity contribution in [2.24, 2.45) is 0 Å². The van der Waals surface area contributed by atoms with E-state index in [0.29, 0.717) is 25.9 Å². The average Bonchev–Trinajstić information content (AvgIpc) is 2.90. The molecular formula is C14H15F2N3O3. The van der Waals surface area contributed by atoms with Crippen LogP contribution in [-0.4, -0.2) is 39.8 Å². The van der Waals surface area contributed by atoms with Crippen LogP contribution in [0.4, 0.5) is 8.78 Å². The summed E-state index contributed by atoms with van der Waals surface area (Å²) in [6.07, 6.45) is 1.62. The zero-order valence-corrected chi connectivity index (χ0v) is 11.9. The van der Waals surface area contributed by atoms with Crippen LogP contribution in [-0.2, 0) is 11.2 Å². The molecular weight excluding hydrogens is 296 g/mol. The lowest BCUT2D eigenvalue weighted by molar-refractivity contribution is 0.0689. The van der Waals surface area contributed by atoms with Gasteiger partial charge in [-0.05, 0) is 31.4 Å². The van der Waals surface area contributed by atoms with E-state index < -0.39 is 17.6 Å². The molecule has 1 aromatic carbocycles. The molecule has 0 radical (unpaired) electrons. The Morgan fingerprint density at radius 1 is 1.36 bits per heavy atom. The number of nitrogens with zero attached hydrogens (tertiary/aromatic N) is 3. The Morgan fingerprint density at radius 3 is 2.82 bits per heavy atom. The number of hydrogen-bond donors (Lipinski definition) is 1. The van der Waals surface area contributed by atoms with Crippen molar-refractivity contribution >= 4 is 5.97 Å². The van der Waals surface area contributed by atoms with E-state index in [1.54, 1.807) is 7.11 Å². The fraction of sp³-hybridized carbons (Fsp3) is 0.357. The largest absolute Gasteiger partial charge is 0.476 e. The Bertz CT molecular complexity index is 673. The van der Waals surface area contributed by atoms with Crippen molar-refractivity contribution in [3.8, 4) is 5.69 Å². The summed E-state index contributed by atoms with van der Waals surface area (Å²) in [5.41, 5.74) is -0.198. The highest BCUT2D eigenvalue weighted by molar-refractivity contribution is 5.86. The Kier molecular flexibility index (Phi) is 5.16. The number of carbonyl (C=O) groups is 1. The number of aromatic carboxylic acids is 1. The second kappa shape index (κ2) is 7.08. The Hall–Kier alpha value is -2.35. The van der Waals surface area contributed by atoms with Gasteiger partial charge in [-0.2, -0.15) is 0 Å². The number of carboxylic acids is 1. The molecule has 0 unspecified atom stereocenters. The molecule has 0 amide bonds. The molecule has 2 aromatic rings. The monoisotopic (exact) mass is 311 g/mol. The minimum atomic E-state index is -1.26. The summed E-state index contributed by atoms with van der Waals surface area (Å²) in [5, 5.41) is 16.4. The van der Waals surface area contributed by atoms with Crippen LogP contribution in [0.3, 0.4) is 0 Å². The Morgan fingerprint density at radius 2 is 2.14 bits per heavy atom. The first-order valence-corrected chi connectivity index (χ1v) is 6.67. The van der Waals surface area contributed by atoms with Gasteiger partial charge in [-0.15, -0.1) is 5.10 Å². The van der Waals surface area contributed by atoms with Crippen molar-refractivity contribution < 1.29 is 23.4 Å². The molecule has 1 heterocycles. The van der Waals surface area contributed by atoms with Crippen LogP contribution in [0.25, 0.3) is 5.69 Å². The fourth-order valence-corrected chi connectivity index (χ4v) is 2.08. The molecule has 0 spiro atoms. The van der Waals surface area contributed by atoms with Gasteiger partial charge < -0.3 is 9.84 Å². The maximum absolute atomic E-state index is 13.9. The van der Waals surface area contributed by atoms with E-state index in [4.69, 9.17) is 9.84 Å². The number of unbranched alkanes of at least 4 members (excludes halogenated alkanes) is 1. The van der Waals surface area contributed by atoms with Gasteiger partial charge in [-0.1, -0.05) is 11.3 Å². The molecule has 0 aliphatic carbocycles. The molecule has 118 valence electrons. The average molecular weight is 311 g/mol. The van der Waals surface area contributed by atoms with Gasteiger partial charge in [0.15, 0.2) is 17.3 Å². The second-order valence-corrected chi connectivity index (χ2v) is 4.62. The maximum atomic E-state index is 13.9. The van der Waals surface area contributed by atoms with Crippen molar-refractivity contribution in [3.05, 3.63) is 41.2 Å². The first-order chi connectivity index (χ1) is 10.6. The molecule has 0 saturated carbocycles. The normalized spacial score (nSPS) is 10.9. The van der Waals surface area contributed by atoms with Gasteiger partial charge in [0, 0.05) is 13.7 Å². The highest BCUT2D eigenvalue weighted by Crippen LogP contribution is 2.20. The SMILES string of the molecule is COCCCCc1c(C(=O)O)nnn1-c1cccc(F)c1F. The van der Waals surface area contributed by atoms with Crippen LogP contribution >= 0.6 is 0 Å². The smallest absolute Gasteiger partial charge is 0.358 e. The van der Waals surface area contributed by atoms with Gasteiger partial charge in [-0.3, -0.25) is 0 Å². The maximum Gasteiger partial charge on any atom is 0.358 e. The van der Waals surface area contributed by atoms with E-state index in [9.17, 15) is 13.6 Å². The molecule has 1 N–H and O–H groups in total. The van der Waals surface area contributed by atoms with Crippen molar-refractivity contribution in [3.63, 3.8) is 0 Å². The van der Waals surface area contributed by atoms with Crippen LogP contribution in [0.5, 0.6) is 0 Å². The van der Waals surface area contributed by atoms with E-state index in [1.807, 2.05) is 0 Å². The molecule has 0 aliphatic rings. The number of ether oxygens (including phenoxy) is 1. The highest BCUT2D eigenvalue weighted by Gasteiger charge is 2.22. The molecule has 0 atom stereocenters. The first kappa shape index (κ1) is 16.0. The molecule has 8 heteroatoms. The summed E-state index contributed by atoms with van der Waals surface area (Å²) in [6, 6.07) is 3.62. The molecule has 1 aromatic heterocycles. The van der Waals surface area contributed by atoms with Crippen molar-refractivity contribution in [1.82, 2.24) is 15.0 Å². The molecule has 2 rings (SSSR count). The zero-order chi connectivity index (χ0) is 16.1. The van der Waals surface area contributed by atoms with E-state index in [1.165, 1.54) is 12.1 Å². The number of hydrogen-bond acceptors (Lipinski definition) is 4. The number of benzene rings is 1. The summed E-state index contributed by atoms with van der Waals surface area (Å²) in [7, 11) is 1.57. The van der Waals surface area contributed by atoms with Crippen molar-refractivity contribution in [1.29, 1.82) is 0 Å². The summed E-state index contributed by atoms with van der Waals surface area (Å²) in [6.45, 7) is 0.526. The third kappa shape index (κ3) is 3.28. The summed E-state index contributed by atoms with van der Waals surface area (Å²) in [4.78, 5) is 11.2. The van der Waals surface area contributed by atoms with Gasteiger partial charge in [0.1, 0.15) is 5.69 Å². The molecule has 0 saturated heterocycles. The van der Waals surface area contributed by atoms with Gasteiger partial charge in [0.25, 0.3) is 0 Å². The number of methoxy groups -OCH3 is 1. The third-order valence-corrected chi connectivity index (χ3v) is 3.14. The summed E-state index contributed by atoms with van der Waals surface area (Å²) >= 11 is 0.